The van der Waals surface area contributed by atoms with Crippen molar-refractivity contribution in [2.75, 3.05) is 62.7 Å². The van der Waals surface area contributed by atoms with Crippen LogP contribution < -0.4 is 33.2 Å². The lowest BCUT2D eigenvalue weighted by molar-refractivity contribution is 0.216. The van der Waals surface area contributed by atoms with E-state index in [9.17, 15) is 0 Å². The summed E-state index contributed by atoms with van der Waals surface area (Å²) in [6.07, 6.45) is 3.18. The highest BCUT2D eigenvalue weighted by atomic mass is 16.6. The van der Waals surface area contributed by atoms with E-state index in [-0.39, 0.29) is 12.1 Å². The Labute approximate surface area is 282 Å². The van der Waals surface area contributed by atoms with Crippen LogP contribution in [0.25, 0.3) is 0 Å². The Morgan fingerprint density at radius 1 is 0.604 bits per heavy atom. The molecule has 252 valence electrons. The summed E-state index contributed by atoms with van der Waals surface area (Å²) >= 11 is 0. The molecule has 6 bridgehead atoms. The summed E-state index contributed by atoms with van der Waals surface area (Å²) in [5.74, 6) is 5.74. The van der Waals surface area contributed by atoms with Crippen molar-refractivity contribution in [3.63, 3.8) is 0 Å². The maximum atomic E-state index is 7.07. The molecule has 48 heavy (non-hydrogen) atoms. The minimum atomic E-state index is -0.0395. The first-order valence-corrected chi connectivity index (χ1v) is 16.4. The lowest BCUT2D eigenvalue weighted by Gasteiger charge is -2.38. The van der Waals surface area contributed by atoms with Gasteiger partial charge in [-0.2, -0.15) is 0 Å². The highest BCUT2D eigenvalue weighted by molar-refractivity contribution is 5.70. The van der Waals surface area contributed by atoms with E-state index >= 15 is 0 Å². The zero-order valence-electron chi connectivity index (χ0n) is 28.8. The van der Waals surface area contributed by atoms with E-state index in [1.165, 1.54) is 11.1 Å². The zero-order chi connectivity index (χ0) is 33.5. The summed E-state index contributed by atoms with van der Waals surface area (Å²) < 4.78 is 43.3. The molecule has 0 fully saturated rings. The van der Waals surface area contributed by atoms with Gasteiger partial charge in [-0.25, -0.2) is 0 Å². The van der Waals surface area contributed by atoms with E-state index in [0.29, 0.717) is 46.0 Å². The Hall–Kier alpha value is -4.60. The lowest BCUT2D eigenvalue weighted by Crippen LogP contribution is -2.34. The predicted molar refractivity (Wildman–Crippen MR) is 184 cm³/mol. The standard InChI is InChI=1S/C39H44N2O7/c1-40-16-14-25-21-32(43-4)34-22-28(25)29(40)19-24-10-13-31(42-3)33(20-24)47-26-11-8-23(9-12-26)18-30-35-27(15-17-41(30)2)36(44-5)38(45-6)39(46-7)37(35)48-34/h8-13,20-22,29-30H,14-19H2,1-7H3. The molecule has 4 heterocycles. The molecule has 0 aromatic heterocycles. The van der Waals surface area contributed by atoms with Crippen LogP contribution in [0.3, 0.4) is 0 Å². The number of fused-ring (bicyclic) bond motifs is 2. The molecule has 9 heteroatoms. The van der Waals surface area contributed by atoms with Crippen LogP contribution >= 0.6 is 0 Å². The normalized spacial score (nSPS) is 18.8. The third kappa shape index (κ3) is 5.54. The Bertz CT molecular complexity index is 1820. The average Bonchev–Trinajstić information content (AvgIpc) is 3.10. The van der Waals surface area contributed by atoms with E-state index < -0.39 is 0 Å². The van der Waals surface area contributed by atoms with E-state index in [4.69, 9.17) is 33.2 Å². The highest BCUT2D eigenvalue weighted by Crippen LogP contribution is 2.56. The topological polar surface area (TPSA) is 71.1 Å². The number of methoxy groups -OCH3 is 5. The molecular formula is C39H44N2O7. The number of hydrogen-bond donors (Lipinski definition) is 0. The molecular weight excluding hydrogens is 608 g/mol. The maximum Gasteiger partial charge on any atom is 0.208 e. The molecule has 4 aliphatic rings. The first-order chi connectivity index (χ1) is 23.4. The van der Waals surface area contributed by atoms with Gasteiger partial charge in [0, 0.05) is 36.3 Å². The maximum absolute atomic E-state index is 7.07. The molecule has 0 radical (unpaired) electrons. The molecule has 4 aliphatic heterocycles. The van der Waals surface area contributed by atoms with Gasteiger partial charge in [-0.15, -0.1) is 0 Å². The summed E-state index contributed by atoms with van der Waals surface area (Å²) in [5, 5.41) is 0. The van der Waals surface area contributed by atoms with Gasteiger partial charge < -0.3 is 33.2 Å². The first kappa shape index (κ1) is 32.0. The largest absolute Gasteiger partial charge is 0.493 e. The highest BCUT2D eigenvalue weighted by Gasteiger charge is 2.37. The van der Waals surface area contributed by atoms with Gasteiger partial charge in [0.25, 0.3) is 0 Å². The molecule has 0 saturated heterocycles. The van der Waals surface area contributed by atoms with Crippen LogP contribution in [0.4, 0.5) is 0 Å². The number of likely N-dealkylation sites (N-methyl/N-ethyl adjacent to an activating group) is 2. The molecule has 4 aromatic rings. The quantitative estimate of drug-likeness (QED) is 0.223. The summed E-state index contributed by atoms with van der Waals surface area (Å²) in [4.78, 5) is 4.78. The summed E-state index contributed by atoms with van der Waals surface area (Å²) in [7, 11) is 12.7. The Balaban J connectivity index is 1.48. The van der Waals surface area contributed by atoms with E-state index in [1.807, 2.05) is 18.2 Å². The second-order valence-electron chi connectivity index (χ2n) is 12.8. The van der Waals surface area contributed by atoms with Gasteiger partial charge >= 0.3 is 0 Å². The van der Waals surface area contributed by atoms with E-state index in [1.54, 1.807) is 35.5 Å². The molecule has 0 N–H and O–H groups in total. The summed E-state index contributed by atoms with van der Waals surface area (Å²) in [5.41, 5.74) is 6.84. The van der Waals surface area contributed by atoms with Crippen molar-refractivity contribution in [2.24, 2.45) is 0 Å². The van der Waals surface area contributed by atoms with Gasteiger partial charge in [-0.1, -0.05) is 18.2 Å². The van der Waals surface area contributed by atoms with Crippen LogP contribution in [0.15, 0.2) is 54.6 Å². The van der Waals surface area contributed by atoms with E-state index in [0.717, 1.165) is 66.8 Å². The third-order valence-electron chi connectivity index (χ3n) is 10.2. The third-order valence-corrected chi connectivity index (χ3v) is 10.2. The fraction of sp³-hybridized carbons (Fsp3) is 0.385. The van der Waals surface area contributed by atoms with Gasteiger partial charge in [0.05, 0.1) is 35.5 Å². The lowest BCUT2D eigenvalue weighted by atomic mass is 9.86. The Morgan fingerprint density at radius 3 is 1.96 bits per heavy atom. The summed E-state index contributed by atoms with van der Waals surface area (Å²) in [6.45, 7) is 1.77. The van der Waals surface area contributed by atoms with Crippen LogP contribution in [0, 0.1) is 0 Å². The van der Waals surface area contributed by atoms with Crippen LogP contribution in [0.2, 0.25) is 0 Å². The second-order valence-corrected chi connectivity index (χ2v) is 12.8. The monoisotopic (exact) mass is 652 g/mol. The molecule has 8 rings (SSSR count). The van der Waals surface area contributed by atoms with Crippen molar-refractivity contribution in [3.8, 4) is 51.7 Å². The van der Waals surface area contributed by atoms with Crippen molar-refractivity contribution in [3.05, 3.63) is 88.0 Å². The minimum Gasteiger partial charge on any atom is -0.493 e. The smallest absolute Gasteiger partial charge is 0.208 e. The second kappa shape index (κ2) is 13.1. The molecule has 2 unspecified atom stereocenters. The number of hydrogen-bond acceptors (Lipinski definition) is 9. The Kier molecular flexibility index (Phi) is 8.74. The molecule has 9 nitrogen and oxygen atoms in total. The van der Waals surface area contributed by atoms with Crippen LogP contribution in [0.1, 0.15) is 45.5 Å². The van der Waals surface area contributed by atoms with Crippen molar-refractivity contribution < 1.29 is 33.2 Å². The fourth-order valence-corrected chi connectivity index (χ4v) is 7.58. The minimum absolute atomic E-state index is 0.0395. The van der Waals surface area contributed by atoms with Gasteiger partial charge in [-0.3, -0.25) is 9.80 Å². The number of benzene rings is 4. The van der Waals surface area contributed by atoms with Gasteiger partial charge in [0.2, 0.25) is 11.5 Å². The average molecular weight is 653 g/mol. The molecule has 0 saturated carbocycles. The van der Waals surface area contributed by atoms with Gasteiger partial charge in [0.15, 0.2) is 34.5 Å². The first-order valence-electron chi connectivity index (χ1n) is 16.4. The van der Waals surface area contributed by atoms with Crippen LogP contribution in [-0.2, 0) is 25.7 Å². The van der Waals surface area contributed by atoms with Crippen molar-refractivity contribution in [2.45, 2.75) is 37.8 Å². The molecule has 4 aromatic carbocycles. The molecule has 0 amide bonds. The molecule has 0 aliphatic carbocycles. The van der Waals surface area contributed by atoms with E-state index in [2.05, 4.69) is 60.3 Å². The summed E-state index contributed by atoms with van der Waals surface area (Å²) in [6, 6.07) is 18.9. The van der Waals surface area contributed by atoms with Gasteiger partial charge in [-0.05, 0) is 98.4 Å². The van der Waals surface area contributed by atoms with Crippen molar-refractivity contribution in [1.29, 1.82) is 0 Å². The van der Waals surface area contributed by atoms with Crippen molar-refractivity contribution in [1.82, 2.24) is 9.80 Å². The molecule has 0 spiro atoms. The van der Waals surface area contributed by atoms with Gasteiger partial charge in [0.1, 0.15) is 5.75 Å². The van der Waals surface area contributed by atoms with Crippen molar-refractivity contribution >= 4 is 0 Å². The SMILES string of the molecule is COc1ccc2cc1Oc1ccc(cc1)CC1c3c(c(OC)c(OC)c(OC)c3Oc3cc4c(cc3OC)CCN(C)C4C2)CCN1C. The predicted octanol–water partition coefficient (Wildman–Crippen LogP) is 7.17. The zero-order valence-corrected chi connectivity index (χ0v) is 28.8. The van der Waals surface area contributed by atoms with Crippen LogP contribution in [-0.4, -0.2) is 72.5 Å². The number of rotatable bonds is 5. The molecule has 2 atom stereocenters. The number of nitrogens with zero attached hydrogens (tertiary/aromatic N) is 2. The Morgan fingerprint density at radius 2 is 1.25 bits per heavy atom. The van der Waals surface area contributed by atoms with Crippen LogP contribution in [0.5, 0.6) is 51.7 Å². The number of ether oxygens (including phenoxy) is 7. The fourth-order valence-electron chi connectivity index (χ4n) is 7.58.